The number of hydrogen-bond donors (Lipinski definition) is 2. The highest BCUT2D eigenvalue weighted by Crippen LogP contribution is 2.28. The summed E-state index contributed by atoms with van der Waals surface area (Å²) in [4.78, 5) is 25.9. The molecule has 30 heavy (non-hydrogen) atoms. The van der Waals surface area contributed by atoms with Crippen LogP contribution in [-0.2, 0) is 4.79 Å². The Morgan fingerprint density at radius 3 is 2.30 bits per heavy atom. The average molecular weight is 459 g/mol. The lowest BCUT2D eigenvalue weighted by atomic mass is 10.2. The van der Waals surface area contributed by atoms with Crippen LogP contribution in [0.2, 0.25) is 10.0 Å². The van der Waals surface area contributed by atoms with Crippen molar-refractivity contribution in [2.45, 2.75) is 24.0 Å². The molecule has 3 aromatic carbocycles. The lowest BCUT2D eigenvalue weighted by Crippen LogP contribution is -2.22. The molecule has 0 aliphatic heterocycles. The Kier molecular flexibility index (Phi) is 7.43. The minimum absolute atomic E-state index is 0.0898. The average Bonchev–Trinajstić information content (AvgIpc) is 2.68. The number of carbonyl (C=O) groups is 2. The lowest BCUT2D eigenvalue weighted by molar-refractivity contribution is -0.115. The van der Waals surface area contributed by atoms with Crippen molar-refractivity contribution in [3.8, 4) is 0 Å². The van der Waals surface area contributed by atoms with Gasteiger partial charge in [0.2, 0.25) is 5.91 Å². The van der Waals surface area contributed by atoms with Gasteiger partial charge in [-0.3, -0.25) is 9.59 Å². The highest BCUT2D eigenvalue weighted by molar-refractivity contribution is 8.00. The number of amides is 2. The topological polar surface area (TPSA) is 58.2 Å². The van der Waals surface area contributed by atoms with Crippen LogP contribution in [0.5, 0.6) is 0 Å². The molecular weight excluding hydrogens is 439 g/mol. The maximum atomic E-state index is 12.5. The van der Waals surface area contributed by atoms with E-state index < -0.39 is 0 Å². The zero-order chi connectivity index (χ0) is 21.7. The van der Waals surface area contributed by atoms with Crippen molar-refractivity contribution in [2.75, 3.05) is 10.6 Å². The van der Waals surface area contributed by atoms with Crippen LogP contribution in [0.25, 0.3) is 0 Å². The minimum atomic E-state index is -0.330. The Morgan fingerprint density at radius 1 is 0.900 bits per heavy atom. The van der Waals surface area contributed by atoms with Gasteiger partial charge in [0.15, 0.2) is 0 Å². The van der Waals surface area contributed by atoms with Crippen LogP contribution in [0.4, 0.5) is 11.4 Å². The minimum Gasteiger partial charge on any atom is -0.325 e. The zero-order valence-electron chi connectivity index (χ0n) is 16.4. The summed E-state index contributed by atoms with van der Waals surface area (Å²) in [5.74, 6) is -0.419. The van der Waals surface area contributed by atoms with Gasteiger partial charge in [-0.2, -0.15) is 0 Å². The smallest absolute Gasteiger partial charge is 0.257 e. The van der Waals surface area contributed by atoms with Crippen LogP contribution >= 0.6 is 35.0 Å². The number of rotatable bonds is 6. The van der Waals surface area contributed by atoms with E-state index in [1.54, 1.807) is 18.2 Å². The SMILES string of the molecule is Cc1cccc(NC(=O)C(C)Sc2cccc(NC(=O)c3ccc(Cl)cc3Cl)c2)c1. The van der Waals surface area contributed by atoms with Crippen LogP contribution in [-0.4, -0.2) is 17.1 Å². The van der Waals surface area contributed by atoms with Gasteiger partial charge in [-0.25, -0.2) is 0 Å². The van der Waals surface area contributed by atoms with Gasteiger partial charge in [-0.15, -0.1) is 11.8 Å². The van der Waals surface area contributed by atoms with E-state index in [9.17, 15) is 9.59 Å². The Morgan fingerprint density at radius 2 is 1.60 bits per heavy atom. The highest BCUT2D eigenvalue weighted by atomic mass is 35.5. The number of hydrogen-bond acceptors (Lipinski definition) is 3. The molecule has 0 spiro atoms. The van der Waals surface area contributed by atoms with E-state index in [2.05, 4.69) is 10.6 Å². The molecule has 1 unspecified atom stereocenters. The van der Waals surface area contributed by atoms with Gasteiger partial charge in [0.1, 0.15) is 0 Å². The molecule has 3 rings (SSSR count). The standard InChI is InChI=1S/C23H20Cl2N2O2S/c1-14-5-3-6-17(11-14)26-22(28)15(2)30-19-8-4-7-18(13-19)27-23(29)20-10-9-16(24)12-21(20)25/h3-13,15H,1-2H3,(H,26,28)(H,27,29). The molecule has 1 atom stereocenters. The van der Waals surface area contributed by atoms with Crippen molar-refractivity contribution >= 4 is 58.2 Å². The van der Waals surface area contributed by atoms with E-state index in [0.717, 1.165) is 16.1 Å². The third-order valence-corrected chi connectivity index (χ3v) is 5.88. The van der Waals surface area contributed by atoms with Crippen molar-refractivity contribution in [3.05, 3.63) is 87.9 Å². The van der Waals surface area contributed by atoms with Gasteiger partial charge in [-0.1, -0.05) is 41.4 Å². The fourth-order valence-electron chi connectivity index (χ4n) is 2.74. The molecule has 7 heteroatoms. The van der Waals surface area contributed by atoms with Crippen LogP contribution in [0.15, 0.2) is 71.6 Å². The van der Waals surface area contributed by atoms with Crippen molar-refractivity contribution < 1.29 is 9.59 Å². The van der Waals surface area contributed by atoms with Gasteiger partial charge in [0, 0.05) is 21.3 Å². The Hall–Kier alpha value is -2.47. The number of benzene rings is 3. The molecule has 0 heterocycles. The van der Waals surface area contributed by atoms with Crippen molar-refractivity contribution in [3.63, 3.8) is 0 Å². The van der Waals surface area contributed by atoms with E-state index in [1.165, 1.54) is 17.8 Å². The lowest BCUT2D eigenvalue weighted by Gasteiger charge is -2.13. The summed E-state index contributed by atoms with van der Waals surface area (Å²) in [6.07, 6.45) is 0. The molecular formula is C23H20Cl2N2O2S. The van der Waals surface area contributed by atoms with E-state index in [0.29, 0.717) is 16.3 Å². The summed E-state index contributed by atoms with van der Waals surface area (Å²) in [5.41, 5.74) is 2.80. The molecule has 0 radical (unpaired) electrons. The van der Waals surface area contributed by atoms with Crippen LogP contribution in [0.1, 0.15) is 22.8 Å². The monoisotopic (exact) mass is 458 g/mol. The summed E-state index contributed by atoms with van der Waals surface area (Å²) >= 11 is 13.4. The molecule has 4 nitrogen and oxygen atoms in total. The summed E-state index contributed by atoms with van der Waals surface area (Å²) in [6, 6.07) is 19.7. The molecule has 0 aliphatic rings. The predicted molar refractivity (Wildman–Crippen MR) is 126 cm³/mol. The molecule has 0 saturated heterocycles. The van der Waals surface area contributed by atoms with Crippen molar-refractivity contribution in [2.24, 2.45) is 0 Å². The summed E-state index contributed by atoms with van der Waals surface area (Å²) in [7, 11) is 0. The van der Waals surface area contributed by atoms with E-state index >= 15 is 0 Å². The number of halogens is 2. The molecule has 0 aliphatic carbocycles. The van der Waals surface area contributed by atoms with Gasteiger partial charge >= 0.3 is 0 Å². The van der Waals surface area contributed by atoms with E-state index in [-0.39, 0.29) is 22.1 Å². The first-order chi connectivity index (χ1) is 14.3. The quantitative estimate of drug-likeness (QED) is 0.405. The van der Waals surface area contributed by atoms with Gasteiger partial charge in [-0.05, 0) is 67.9 Å². The first kappa shape index (κ1) is 22.2. The zero-order valence-corrected chi connectivity index (χ0v) is 18.7. The fourth-order valence-corrected chi connectivity index (χ4v) is 4.16. The first-order valence-corrected chi connectivity index (χ1v) is 10.9. The molecule has 0 saturated carbocycles. The number of nitrogens with one attached hydrogen (secondary N) is 2. The Labute approximate surface area is 190 Å². The van der Waals surface area contributed by atoms with Crippen molar-refractivity contribution in [1.82, 2.24) is 0 Å². The van der Waals surface area contributed by atoms with Gasteiger partial charge < -0.3 is 10.6 Å². The normalized spacial score (nSPS) is 11.6. The molecule has 0 fully saturated rings. The van der Waals surface area contributed by atoms with Crippen LogP contribution < -0.4 is 10.6 Å². The maximum Gasteiger partial charge on any atom is 0.257 e. The largest absolute Gasteiger partial charge is 0.325 e. The molecule has 2 amide bonds. The first-order valence-electron chi connectivity index (χ1n) is 9.22. The Bertz CT molecular complexity index is 1090. The maximum absolute atomic E-state index is 12.5. The van der Waals surface area contributed by atoms with Crippen LogP contribution in [0.3, 0.4) is 0 Å². The molecule has 0 aromatic heterocycles. The molecule has 3 aromatic rings. The third-order valence-electron chi connectivity index (χ3n) is 4.24. The number of carbonyl (C=O) groups excluding carboxylic acids is 2. The number of aryl methyl sites for hydroxylation is 1. The fraction of sp³-hybridized carbons (Fsp3) is 0.130. The summed E-state index contributed by atoms with van der Waals surface area (Å²) in [6.45, 7) is 3.82. The highest BCUT2D eigenvalue weighted by Gasteiger charge is 2.16. The van der Waals surface area contributed by atoms with E-state index in [1.807, 2.05) is 56.3 Å². The molecule has 154 valence electrons. The second-order valence-electron chi connectivity index (χ2n) is 6.72. The van der Waals surface area contributed by atoms with Crippen LogP contribution in [0, 0.1) is 6.92 Å². The van der Waals surface area contributed by atoms with Gasteiger partial charge in [0.25, 0.3) is 5.91 Å². The number of thioether (sulfide) groups is 1. The predicted octanol–water partition coefficient (Wildman–Crippen LogP) is 6.67. The molecule has 0 bridgehead atoms. The van der Waals surface area contributed by atoms with E-state index in [4.69, 9.17) is 23.2 Å². The number of anilines is 2. The molecule has 2 N–H and O–H groups in total. The Balaban J connectivity index is 1.64. The third kappa shape index (κ3) is 6.02. The second-order valence-corrected chi connectivity index (χ2v) is 8.98. The summed E-state index contributed by atoms with van der Waals surface area (Å²) in [5, 5.41) is 6.19. The second kappa shape index (κ2) is 10.0. The van der Waals surface area contributed by atoms with Crippen molar-refractivity contribution in [1.29, 1.82) is 0 Å². The van der Waals surface area contributed by atoms with Gasteiger partial charge in [0.05, 0.1) is 15.8 Å². The summed E-state index contributed by atoms with van der Waals surface area (Å²) < 4.78 is 0.